The van der Waals surface area contributed by atoms with Crippen molar-refractivity contribution in [3.8, 4) is 0 Å². The Morgan fingerprint density at radius 2 is 2.04 bits per heavy atom. The molecule has 4 heterocycles. The summed E-state index contributed by atoms with van der Waals surface area (Å²) in [4.78, 5) is 26.4. The molecular formula is C16H14BrN5O4S2. The number of nitrogens with zero attached hydrogens (tertiary/aromatic N) is 5. The number of carbonyl (C=O) groups is 1. The summed E-state index contributed by atoms with van der Waals surface area (Å²) in [6, 6.07) is 3.59. The average molecular weight is 484 g/mol. The van der Waals surface area contributed by atoms with Crippen LogP contribution in [0.4, 0.5) is 5.82 Å². The standard InChI is InChI=1S/C16H14BrN5O4S2/c17-13-1-2-15(27-13)28(25,26)22-6-5-21(9-12(22)16(23)24)14-8-19-11-7-18-4-3-10(11)20-14/h1-4,7-8,12H,5-6,9H2,(H,23,24). The Morgan fingerprint density at radius 1 is 1.21 bits per heavy atom. The number of pyridine rings is 1. The van der Waals surface area contributed by atoms with E-state index in [1.165, 1.54) is 6.07 Å². The fraction of sp³-hybridized carbons (Fsp3) is 0.250. The van der Waals surface area contributed by atoms with Crippen molar-refractivity contribution in [1.29, 1.82) is 0 Å². The van der Waals surface area contributed by atoms with Crippen molar-refractivity contribution in [3.05, 3.63) is 40.6 Å². The lowest BCUT2D eigenvalue weighted by Crippen LogP contribution is -2.58. The van der Waals surface area contributed by atoms with Crippen LogP contribution in [0.15, 0.2) is 44.8 Å². The fourth-order valence-electron chi connectivity index (χ4n) is 3.02. The Labute approximate surface area is 172 Å². The van der Waals surface area contributed by atoms with Crippen LogP contribution in [0.5, 0.6) is 0 Å². The van der Waals surface area contributed by atoms with E-state index in [2.05, 4.69) is 30.9 Å². The molecule has 3 aromatic heterocycles. The van der Waals surface area contributed by atoms with Crippen LogP contribution >= 0.6 is 27.3 Å². The number of carboxylic acid groups (broad SMARTS) is 1. The maximum Gasteiger partial charge on any atom is 0.323 e. The minimum atomic E-state index is -3.91. The van der Waals surface area contributed by atoms with E-state index in [0.29, 0.717) is 27.2 Å². The van der Waals surface area contributed by atoms with Crippen molar-refractivity contribution >= 4 is 60.1 Å². The molecule has 1 unspecified atom stereocenters. The van der Waals surface area contributed by atoms with Gasteiger partial charge in [-0.3, -0.25) is 9.78 Å². The summed E-state index contributed by atoms with van der Waals surface area (Å²) in [6.45, 7) is 0.318. The van der Waals surface area contributed by atoms with Gasteiger partial charge in [-0.15, -0.1) is 11.3 Å². The summed E-state index contributed by atoms with van der Waals surface area (Å²) in [6.07, 6.45) is 4.74. The first-order valence-electron chi connectivity index (χ1n) is 8.18. The maximum atomic E-state index is 12.9. The average Bonchev–Trinajstić information content (AvgIpc) is 3.14. The third kappa shape index (κ3) is 3.48. The number of sulfonamides is 1. The zero-order valence-electron chi connectivity index (χ0n) is 14.3. The van der Waals surface area contributed by atoms with E-state index in [-0.39, 0.29) is 17.3 Å². The van der Waals surface area contributed by atoms with Crippen LogP contribution in [-0.4, -0.2) is 64.4 Å². The normalized spacial score (nSPS) is 18.5. The molecule has 4 rings (SSSR count). The van der Waals surface area contributed by atoms with Crippen LogP contribution in [0.2, 0.25) is 0 Å². The first kappa shape index (κ1) is 19.2. The second kappa shape index (κ2) is 7.35. The smallest absolute Gasteiger partial charge is 0.323 e. The first-order chi connectivity index (χ1) is 13.4. The summed E-state index contributed by atoms with van der Waals surface area (Å²) in [5.74, 6) is -0.706. The number of aromatic nitrogens is 3. The lowest BCUT2D eigenvalue weighted by Gasteiger charge is -2.38. The number of piperazine rings is 1. The number of carboxylic acids is 1. The number of fused-ring (bicyclic) bond motifs is 1. The number of anilines is 1. The molecule has 0 radical (unpaired) electrons. The minimum absolute atomic E-state index is 0.0214. The zero-order valence-corrected chi connectivity index (χ0v) is 17.5. The van der Waals surface area contributed by atoms with Gasteiger partial charge in [0.25, 0.3) is 10.0 Å². The lowest BCUT2D eigenvalue weighted by molar-refractivity contribution is -0.141. The molecule has 3 aromatic rings. The fourth-order valence-corrected chi connectivity index (χ4v) is 6.72. The van der Waals surface area contributed by atoms with Crippen molar-refractivity contribution in [1.82, 2.24) is 19.3 Å². The van der Waals surface area contributed by atoms with E-state index in [1.807, 2.05) is 0 Å². The molecule has 1 N–H and O–H groups in total. The predicted octanol–water partition coefficient (Wildman–Crippen LogP) is 1.81. The zero-order chi connectivity index (χ0) is 19.9. The van der Waals surface area contributed by atoms with Crippen LogP contribution in [0, 0.1) is 0 Å². The van der Waals surface area contributed by atoms with Gasteiger partial charge in [-0.05, 0) is 34.1 Å². The Balaban J connectivity index is 1.63. The summed E-state index contributed by atoms with van der Waals surface area (Å²) in [7, 11) is -3.91. The molecule has 12 heteroatoms. The molecule has 146 valence electrons. The number of hydrogen-bond acceptors (Lipinski definition) is 8. The third-order valence-electron chi connectivity index (χ3n) is 4.38. The van der Waals surface area contributed by atoms with E-state index in [1.54, 1.807) is 35.6 Å². The second-order valence-corrected chi connectivity index (χ2v) is 10.6. The molecule has 0 saturated carbocycles. The summed E-state index contributed by atoms with van der Waals surface area (Å²) >= 11 is 4.30. The molecule has 1 aliphatic rings. The number of rotatable bonds is 4. The van der Waals surface area contributed by atoms with Gasteiger partial charge in [0.15, 0.2) is 0 Å². The highest BCUT2D eigenvalue weighted by Gasteiger charge is 2.41. The monoisotopic (exact) mass is 483 g/mol. The van der Waals surface area contributed by atoms with Crippen molar-refractivity contribution in [2.24, 2.45) is 0 Å². The number of hydrogen-bond donors (Lipinski definition) is 1. The molecule has 0 spiro atoms. The van der Waals surface area contributed by atoms with Crippen molar-refractivity contribution in [3.63, 3.8) is 0 Å². The molecule has 0 aliphatic carbocycles. The van der Waals surface area contributed by atoms with E-state index in [4.69, 9.17) is 0 Å². The van der Waals surface area contributed by atoms with Crippen LogP contribution in [0.3, 0.4) is 0 Å². The van der Waals surface area contributed by atoms with Gasteiger partial charge in [0, 0.05) is 25.8 Å². The molecule has 1 aliphatic heterocycles. The Morgan fingerprint density at radius 3 is 2.75 bits per heavy atom. The molecule has 1 saturated heterocycles. The van der Waals surface area contributed by atoms with Crippen molar-refractivity contribution in [2.45, 2.75) is 10.3 Å². The highest BCUT2D eigenvalue weighted by molar-refractivity contribution is 9.11. The predicted molar refractivity (Wildman–Crippen MR) is 107 cm³/mol. The van der Waals surface area contributed by atoms with Gasteiger partial charge in [-0.25, -0.2) is 18.4 Å². The minimum Gasteiger partial charge on any atom is -0.480 e. The second-order valence-electron chi connectivity index (χ2n) is 6.07. The molecule has 0 bridgehead atoms. The largest absolute Gasteiger partial charge is 0.480 e. The Hall–Kier alpha value is -2.15. The van der Waals surface area contributed by atoms with Gasteiger partial charge in [-0.1, -0.05) is 0 Å². The maximum absolute atomic E-state index is 12.9. The highest BCUT2D eigenvalue weighted by atomic mass is 79.9. The van der Waals surface area contributed by atoms with E-state index in [0.717, 1.165) is 15.6 Å². The topological polar surface area (TPSA) is 117 Å². The van der Waals surface area contributed by atoms with E-state index in [9.17, 15) is 18.3 Å². The van der Waals surface area contributed by atoms with Gasteiger partial charge in [0.2, 0.25) is 0 Å². The highest BCUT2D eigenvalue weighted by Crippen LogP contribution is 2.31. The number of halogens is 1. The van der Waals surface area contributed by atoms with Gasteiger partial charge in [-0.2, -0.15) is 4.31 Å². The van der Waals surface area contributed by atoms with Gasteiger partial charge < -0.3 is 10.0 Å². The van der Waals surface area contributed by atoms with Crippen LogP contribution < -0.4 is 4.90 Å². The first-order valence-corrected chi connectivity index (χ1v) is 11.2. The number of thiophene rings is 1. The van der Waals surface area contributed by atoms with Crippen LogP contribution in [0.1, 0.15) is 0 Å². The van der Waals surface area contributed by atoms with Crippen LogP contribution in [-0.2, 0) is 14.8 Å². The third-order valence-corrected chi connectivity index (χ3v) is 8.38. The summed E-state index contributed by atoms with van der Waals surface area (Å²) < 4.78 is 27.7. The summed E-state index contributed by atoms with van der Waals surface area (Å²) in [5.41, 5.74) is 1.27. The number of aliphatic carboxylic acids is 1. The van der Waals surface area contributed by atoms with Crippen molar-refractivity contribution < 1.29 is 18.3 Å². The van der Waals surface area contributed by atoms with E-state index < -0.39 is 22.0 Å². The molecule has 1 fully saturated rings. The summed E-state index contributed by atoms with van der Waals surface area (Å²) in [5, 5.41) is 9.68. The SMILES string of the molecule is O=C(O)C1CN(c2cnc3cnccc3n2)CCN1S(=O)(=O)c1ccc(Br)s1. The molecule has 9 nitrogen and oxygen atoms in total. The van der Waals surface area contributed by atoms with Crippen molar-refractivity contribution in [2.75, 3.05) is 24.5 Å². The van der Waals surface area contributed by atoms with Gasteiger partial charge >= 0.3 is 5.97 Å². The van der Waals surface area contributed by atoms with Crippen LogP contribution in [0.25, 0.3) is 11.0 Å². The Bertz CT molecular complexity index is 1150. The molecular weight excluding hydrogens is 470 g/mol. The lowest BCUT2D eigenvalue weighted by atomic mass is 10.2. The van der Waals surface area contributed by atoms with Gasteiger partial charge in [0.1, 0.15) is 21.6 Å². The quantitative estimate of drug-likeness (QED) is 0.596. The molecule has 28 heavy (non-hydrogen) atoms. The van der Waals surface area contributed by atoms with Gasteiger partial charge in [0.05, 0.1) is 21.7 Å². The van der Waals surface area contributed by atoms with E-state index >= 15 is 0 Å². The molecule has 1 atom stereocenters. The Kier molecular flexibility index (Phi) is 5.04. The molecule has 0 amide bonds. The molecule has 0 aromatic carbocycles.